The van der Waals surface area contributed by atoms with Crippen molar-refractivity contribution in [3.63, 3.8) is 0 Å². The first kappa shape index (κ1) is 16.4. The van der Waals surface area contributed by atoms with E-state index in [0.29, 0.717) is 22.3 Å². The van der Waals surface area contributed by atoms with Crippen LogP contribution in [0.15, 0.2) is 48.9 Å². The average Bonchev–Trinajstić information content (AvgIpc) is 3.23. The summed E-state index contributed by atoms with van der Waals surface area (Å²) in [6, 6.07) is 8.84. The molecule has 4 rings (SSSR count). The van der Waals surface area contributed by atoms with Gasteiger partial charge in [0, 0.05) is 48.2 Å². The number of fused-ring (bicyclic) bond motifs is 1. The van der Waals surface area contributed by atoms with Crippen LogP contribution in [0.5, 0.6) is 5.75 Å². The lowest BCUT2D eigenvalue weighted by atomic mass is 10.2. The van der Waals surface area contributed by atoms with Gasteiger partial charge in [0.2, 0.25) is 6.86 Å². The SMILES string of the molecule is Cn1cc(-c2cc3cnc(Nc4ccc(OCF)cc4Cl)cc3[nH]2)cn1. The molecule has 2 N–H and O–H groups in total. The van der Waals surface area contributed by atoms with Gasteiger partial charge in [0.05, 0.1) is 22.4 Å². The summed E-state index contributed by atoms with van der Waals surface area (Å²) >= 11 is 6.21. The largest absolute Gasteiger partial charge is 0.463 e. The number of rotatable bonds is 5. The van der Waals surface area contributed by atoms with Gasteiger partial charge in [0.1, 0.15) is 11.6 Å². The zero-order valence-corrected chi connectivity index (χ0v) is 14.6. The number of anilines is 2. The molecule has 8 heteroatoms. The van der Waals surface area contributed by atoms with E-state index in [1.54, 1.807) is 35.3 Å². The summed E-state index contributed by atoms with van der Waals surface area (Å²) in [4.78, 5) is 7.78. The fourth-order valence-electron chi connectivity index (χ4n) is 2.70. The molecule has 0 bridgehead atoms. The molecule has 0 aliphatic heterocycles. The highest BCUT2D eigenvalue weighted by molar-refractivity contribution is 6.33. The van der Waals surface area contributed by atoms with Crippen molar-refractivity contribution in [1.29, 1.82) is 0 Å². The van der Waals surface area contributed by atoms with E-state index in [1.165, 1.54) is 0 Å². The molecule has 0 fully saturated rings. The van der Waals surface area contributed by atoms with E-state index >= 15 is 0 Å². The highest BCUT2D eigenvalue weighted by Crippen LogP contribution is 2.30. The first-order valence-corrected chi connectivity index (χ1v) is 8.23. The van der Waals surface area contributed by atoms with Crippen molar-refractivity contribution < 1.29 is 9.13 Å². The maximum absolute atomic E-state index is 12.2. The predicted molar refractivity (Wildman–Crippen MR) is 99.6 cm³/mol. The van der Waals surface area contributed by atoms with E-state index in [1.807, 2.05) is 25.4 Å². The molecule has 0 spiro atoms. The van der Waals surface area contributed by atoms with E-state index in [-0.39, 0.29) is 0 Å². The average molecular weight is 372 g/mol. The van der Waals surface area contributed by atoms with Gasteiger partial charge in [-0.2, -0.15) is 5.10 Å². The molecule has 26 heavy (non-hydrogen) atoms. The molecule has 4 aromatic rings. The van der Waals surface area contributed by atoms with Gasteiger partial charge < -0.3 is 15.0 Å². The lowest BCUT2D eigenvalue weighted by Gasteiger charge is -2.09. The monoisotopic (exact) mass is 371 g/mol. The lowest BCUT2D eigenvalue weighted by molar-refractivity contribution is 0.192. The number of nitrogens with one attached hydrogen (secondary N) is 2. The molecule has 0 aliphatic carbocycles. The third kappa shape index (κ3) is 3.21. The molecule has 3 heterocycles. The first-order chi connectivity index (χ1) is 12.6. The molecule has 3 aromatic heterocycles. The summed E-state index contributed by atoms with van der Waals surface area (Å²) in [5.41, 5.74) is 3.57. The number of hydrogen-bond donors (Lipinski definition) is 2. The van der Waals surface area contributed by atoms with E-state index in [4.69, 9.17) is 16.3 Å². The summed E-state index contributed by atoms with van der Waals surface area (Å²) in [5.74, 6) is 1.01. The second-order valence-electron chi connectivity index (χ2n) is 5.76. The Morgan fingerprint density at radius 1 is 1.27 bits per heavy atom. The van der Waals surface area contributed by atoms with Gasteiger partial charge in [-0.15, -0.1) is 0 Å². The van der Waals surface area contributed by atoms with Gasteiger partial charge in [0.15, 0.2) is 0 Å². The minimum atomic E-state index is -0.895. The molecule has 0 saturated heterocycles. The highest BCUT2D eigenvalue weighted by Gasteiger charge is 2.08. The van der Waals surface area contributed by atoms with Crippen LogP contribution in [0.2, 0.25) is 5.02 Å². The van der Waals surface area contributed by atoms with Crippen molar-refractivity contribution in [1.82, 2.24) is 19.7 Å². The summed E-state index contributed by atoms with van der Waals surface area (Å²) < 4.78 is 18.8. The molecule has 1 aromatic carbocycles. The second-order valence-corrected chi connectivity index (χ2v) is 6.17. The Hall–Kier alpha value is -3.06. The fourth-order valence-corrected chi connectivity index (χ4v) is 2.92. The van der Waals surface area contributed by atoms with Crippen molar-refractivity contribution in [2.45, 2.75) is 0 Å². The summed E-state index contributed by atoms with van der Waals surface area (Å²) in [6.07, 6.45) is 5.53. The van der Waals surface area contributed by atoms with Crippen molar-refractivity contribution in [2.75, 3.05) is 12.2 Å². The zero-order valence-electron chi connectivity index (χ0n) is 13.8. The molecule has 132 valence electrons. The highest BCUT2D eigenvalue weighted by atomic mass is 35.5. The van der Waals surface area contributed by atoms with Crippen molar-refractivity contribution in [3.05, 3.63) is 53.9 Å². The maximum Gasteiger partial charge on any atom is 0.228 e. The number of aromatic amines is 1. The van der Waals surface area contributed by atoms with E-state index < -0.39 is 6.86 Å². The number of alkyl halides is 1. The molecule has 0 amide bonds. The molecule has 0 aliphatic rings. The van der Waals surface area contributed by atoms with E-state index in [2.05, 4.69) is 20.4 Å². The van der Waals surface area contributed by atoms with Gasteiger partial charge in [-0.25, -0.2) is 9.37 Å². The number of aromatic nitrogens is 4. The normalized spacial score (nSPS) is 11.0. The van der Waals surface area contributed by atoms with Crippen LogP contribution in [-0.2, 0) is 7.05 Å². The number of pyridine rings is 1. The first-order valence-electron chi connectivity index (χ1n) is 7.85. The smallest absolute Gasteiger partial charge is 0.228 e. The second kappa shape index (κ2) is 6.68. The zero-order chi connectivity index (χ0) is 18.1. The van der Waals surface area contributed by atoms with Crippen LogP contribution in [0.1, 0.15) is 0 Å². The van der Waals surface area contributed by atoms with E-state index in [9.17, 15) is 4.39 Å². The van der Waals surface area contributed by atoms with Gasteiger partial charge in [-0.1, -0.05) is 11.6 Å². The van der Waals surface area contributed by atoms with Crippen molar-refractivity contribution in [2.24, 2.45) is 7.05 Å². The standard InChI is InChI=1S/C18H15ClFN5O/c1-25-9-12(8-22-25)16-4-11-7-21-18(6-17(11)23-16)24-15-3-2-13(26-10-20)5-14(15)19/h2-9,23H,10H2,1H3,(H,21,24). The van der Waals surface area contributed by atoms with Gasteiger partial charge in [0.25, 0.3) is 0 Å². The summed E-state index contributed by atoms with van der Waals surface area (Å²) in [5, 5.41) is 8.75. The van der Waals surface area contributed by atoms with Crippen LogP contribution in [0.25, 0.3) is 22.2 Å². The Morgan fingerprint density at radius 2 is 2.15 bits per heavy atom. The Kier molecular flexibility index (Phi) is 4.22. The van der Waals surface area contributed by atoms with Crippen molar-refractivity contribution in [3.8, 4) is 17.0 Å². The molecule has 0 atom stereocenters. The quantitative estimate of drug-likeness (QED) is 0.535. The predicted octanol–water partition coefficient (Wildman–Crippen LogP) is 4.67. The number of benzene rings is 1. The Bertz CT molecular complexity index is 1070. The fraction of sp³-hybridized carbons (Fsp3) is 0.111. The van der Waals surface area contributed by atoms with E-state index in [0.717, 1.165) is 22.2 Å². The Morgan fingerprint density at radius 3 is 2.88 bits per heavy atom. The summed E-state index contributed by atoms with van der Waals surface area (Å²) in [6.45, 7) is -0.895. The maximum atomic E-state index is 12.2. The number of hydrogen-bond acceptors (Lipinski definition) is 4. The molecule has 6 nitrogen and oxygen atoms in total. The third-order valence-electron chi connectivity index (χ3n) is 3.94. The van der Waals surface area contributed by atoms with Crippen LogP contribution >= 0.6 is 11.6 Å². The lowest BCUT2D eigenvalue weighted by Crippen LogP contribution is -1.95. The Labute approximate surface area is 153 Å². The van der Waals surface area contributed by atoms with Crippen molar-refractivity contribution >= 4 is 34.0 Å². The topological polar surface area (TPSA) is 67.8 Å². The molecule has 0 saturated carbocycles. The number of ether oxygens (including phenoxy) is 1. The minimum absolute atomic E-state index is 0.372. The van der Waals surface area contributed by atoms with Crippen LogP contribution in [0.4, 0.5) is 15.9 Å². The van der Waals surface area contributed by atoms with Gasteiger partial charge in [-0.3, -0.25) is 4.68 Å². The number of nitrogens with zero attached hydrogens (tertiary/aromatic N) is 3. The van der Waals surface area contributed by atoms with Gasteiger partial charge >= 0.3 is 0 Å². The minimum Gasteiger partial charge on any atom is -0.463 e. The van der Waals surface area contributed by atoms with Gasteiger partial charge in [-0.05, 0) is 18.2 Å². The van der Waals surface area contributed by atoms with Crippen LogP contribution in [0, 0.1) is 0 Å². The summed E-state index contributed by atoms with van der Waals surface area (Å²) in [7, 11) is 1.88. The number of halogens is 2. The van der Waals surface area contributed by atoms with Crippen LogP contribution < -0.4 is 10.1 Å². The molecule has 0 radical (unpaired) electrons. The number of H-pyrrole nitrogens is 1. The molecular formula is C18H15ClFN5O. The molecule has 0 unspecified atom stereocenters. The Balaban J connectivity index is 1.61. The van der Waals surface area contributed by atoms with Crippen LogP contribution in [0.3, 0.4) is 0 Å². The van der Waals surface area contributed by atoms with Crippen LogP contribution in [-0.4, -0.2) is 26.6 Å². The number of aryl methyl sites for hydroxylation is 1. The third-order valence-corrected chi connectivity index (χ3v) is 4.26. The molecular weight excluding hydrogens is 357 g/mol.